The maximum atomic E-state index is 11.2. The molecule has 2 saturated carbocycles. The smallest absolute Gasteiger partial charge is 0.258 e. The van der Waals surface area contributed by atoms with Gasteiger partial charge in [0, 0.05) is 24.3 Å². The van der Waals surface area contributed by atoms with E-state index in [1.54, 1.807) is 24.3 Å². The van der Waals surface area contributed by atoms with E-state index in [1.807, 2.05) is 12.1 Å². The van der Waals surface area contributed by atoms with Crippen molar-refractivity contribution in [1.82, 2.24) is 0 Å². The second kappa shape index (κ2) is 4.88. The second-order valence-electron chi connectivity index (χ2n) is 7.44. The first kappa shape index (κ1) is 14.6. The number of hydrogen-bond acceptors (Lipinski definition) is 4. The molecule has 0 N–H and O–H groups in total. The second-order valence-corrected chi connectivity index (χ2v) is 7.44. The predicted molar refractivity (Wildman–Crippen MR) is 91.5 cm³/mol. The van der Waals surface area contributed by atoms with Gasteiger partial charge in [-0.2, -0.15) is 0 Å². The first-order valence-electron chi connectivity index (χ1n) is 8.61. The number of fused-ring (bicyclic) bond motifs is 10. The monoisotopic (exact) mass is 336 g/mol. The van der Waals surface area contributed by atoms with Crippen LogP contribution >= 0.6 is 0 Å². The first-order chi connectivity index (χ1) is 12.0. The Kier molecular flexibility index (Phi) is 2.84. The van der Waals surface area contributed by atoms with E-state index < -0.39 is 9.85 Å². The van der Waals surface area contributed by atoms with Crippen LogP contribution in [-0.4, -0.2) is 9.85 Å². The summed E-state index contributed by atoms with van der Waals surface area (Å²) in [5.74, 6) is 2.03. The molecule has 3 aliphatic rings. The molecular weight excluding hydrogens is 320 g/mol. The van der Waals surface area contributed by atoms with Crippen molar-refractivity contribution in [3.8, 4) is 11.1 Å². The minimum atomic E-state index is -0.399. The normalized spacial score (nSPS) is 28.2. The predicted octanol–water partition coefficient (Wildman–Crippen LogP) is 4.78. The van der Waals surface area contributed by atoms with Crippen LogP contribution in [0, 0.1) is 32.1 Å². The molecule has 3 aliphatic carbocycles. The molecule has 0 unspecified atom stereocenters. The third kappa shape index (κ3) is 1.91. The minimum absolute atomic E-state index is 0.0396. The number of nitro benzene ring substituents is 2. The van der Waals surface area contributed by atoms with Crippen molar-refractivity contribution in [3.63, 3.8) is 0 Å². The van der Waals surface area contributed by atoms with E-state index in [0.717, 1.165) is 22.3 Å². The molecule has 0 heterocycles. The zero-order chi connectivity index (χ0) is 17.3. The lowest BCUT2D eigenvalue weighted by Gasteiger charge is -2.38. The van der Waals surface area contributed by atoms with Gasteiger partial charge in [-0.3, -0.25) is 20.2 Å². The summed E-state index contributed by atoms with van der Waals surface area (Å²) in [5.41, 5.74) is 3.96. The van der Waals surface area contributed by atoms with Crippen LogP contribution in [0.1, 0.15) is 42.2 Å². The summed E-state index contributed by atoms with van der Waals surface area (Å²) in [6.45, 7) is 0. The Balaban J connectivity index is 1.78. The van der Waals surface area contributed by atoms with Crippen LogP contribution in [0.15, 0.2) is 36.4 Å². The van der Waals surface area contributed by atoms with Gasteiger partial charge in [0.1, 0.15) is 0 Å². The summed E-state index contributed by atoms with van der Waals surface area (Å²) in [7, 11) is 0. The van der Waals surface area contributed by atoms with E-state index in [4.69, 9.17) is 0 Å². The van der Waals surface area contributed by atoms with Crippen LogP contribution in [0.2, 0.25) is 0 Å². The van der Waals surface area contributed by atoms with Crippen LogP contribution in [0.3, 0.4) is 0 Å². The third-order valence-corrected chi connectivity index (χ3v) is 6.42. The number of hydrogen-bond donors (Lipinski definition) is 0. The number of rotatable bonds is 2. The molecule has 2 fully saturated rings. The molecular formula is C19H16N2O4. The topological polar surface area (TPSA) is 86.3 Å². The van der Waals surface area contributed by atoms with E-state index >= 15 is 0 Å². The molecule has 2 bridgehead atoms. The van der Waals surface area contributed by atoms with Crippen molar-refractivity contribution < 1.29 is 9.85 Å². The molecule has 0 spiro atoms. The lowest BCUT2D eigenvalue weighted by Crippen LogP contribution is -2.23. The highest BCUT2D eigenvalue weighted by Gasteiger charge is 2.52. The Labute approximate surface area is 143 Å². The molecule has 0 aromatic heterocycles. The number of nitro groups is 2. The van der Waals surface area contributed by atoms with Crippen LogP contribution in [0.25, 0.3) is 11.1 Å². The standard InChI is InChI=1S/C19H16N2O4/c22-20(23)12-3-5-14-16(8-12)17-9-13(21(24)25)4-6-15(17)19-11-2-1-10(7-11)18(14)19/h3-6,8-11,18-19H,1-2,7H2/t10-,11+,18-,19+. The van der Waals surface area contributed by atoms with Gasteiger partial charge in [-0.1, -0.05) is 12.1 Å². The average Bonchev–Trinajstić information content (AvgIpc) is 3.22. The van der Waals surface area contributed by atoms with Crippen molar-refractivity contribution in [2.45, 2.75) is 31.1 Å². The molecule has 6 nitrogen and oxygen atoms in total. The molecule has 5 rings (SSSR count). The lowest BCUT2D eigenvalue weighted by molar-refractivity contribution is -0.385. The van der Waals surface area contributed by atoms with Gasteiger partial charge < -0.3 is 0 Å². The van der Waals surface area contributed by atoms with Gasteiger partial charge >= 0.3 is 0 Å². The molecule has 2 aromatic carbocycles. The van der Waals surface area contributed by atoms with Crippen molar-refractivity contribution in [2.24, 2.45) is 11.8 Å². The first-order valence-corrected chi connectivity index (χ1v) is 8.61. The average molecular weight is 336 g/mol. The van der Waals surface area contributed by atoms with Gasteiger partial charge in [-0.05, 0) is 65.2 Å². The van der Waals surface area contributed by atoms with Crippen LogP contribution in [0.4, 0.5) is 11.4 Å². The Morgan fingerprint density at radius 2 is 1.20 bits per heavy atom. The summed E-state index contributed by atoms with van der Waals surface area (Å²) in [6.07, 6.45) is 3.62. The minimum Gasteiger partial charge on any atom is -0.258 e. The summed E-state index contributed by atoms with van der Waals surface area (Å²) >= 11 is 0. The Hall–Kier alpha value is -2.76. The molecule has 2 aromatic rings. The molecule has 126 valence electrons. The lowest BCUT2D eigenvalue weighted by atomic mass is 9.65. The highest BCUT2D eigenvalue weighted by molar-refractivity contribution is 5.79. The third-order valence-electron chi connectivity index (χ3n) is 6.42. The zero-order valence-corrected chi connectivity index (χ0v) is 13.4. The van der Waals surface area contributed by atoms with Crippen molar-refractivity contribution >= 4 is 11.4 Å². The number of non-ortho nitro benzene ring substituents is 2. The van der Waals surface area contributed by atoms with Crippen LogP contribution in [0.5, 0.6) is 0 Å². The zero-order valence-electron chi connectivity index (χ0n) is 13.4. The van der Waals surface area contributed by atoms with Gasteiger partial charge in [-0.15, -0.1) is 0 Å². The Morgan fingerprint density at radius 1 is 0.760 bits per heavy atom. The van der Waals surface area contributed by atoms with Gasteiger partial charge in [0.25, 0.3) is 11.4 Å². The van der Waals surface area contributed by atoms with Gasteiger partial charge in [0.05, 0.1) is 9.85 Å². The fourth-order valence-corrected chi connectivity index (χ4v) is 5.55. The van der Waals surface area contributed by atoms with E-state index in [2.05, 4.69) is 0 Å². The fourth-order valence-electron chi connectivity index (χ4n) is 5.55. The van der Waals surface area contributed by atoms with E-state index in [9.17, 15) is 20.2 Å². The summed E-state index contributed by atoms with van der Waals surface area (Å²) in [5, 5.41) is 22.5. The quantitative estimate of drug-likeness (QED) is 0.583. The summed E-state index contributed by atoms with van der Waals surface area (Å²) in [6, 6.07) is 10.1. The Bertz CT molecular complexity index is 864. The van der Waals surface area contributed by atoms with Gasteiger partial charge in [0.15, 0.2) is 0 Å². The summed E-state index contributed by atoms with van der Waals surface area (Å²) < 4.78 is 0. The molecule has 4 atom stereocenters. The van der Waals surface area contributed by atoms with E-state index in [1.165, 1.54) is 19.3 Å². The molecule has 25 heavy (non-hydrogen) atoms. The maximum Gasteiger partial charge on any atom is 0.270 e. The fraction of sp³-hybridized carbons (Fsp3) is 0.368. The number of nitrogens with zero attached hydrogens (tertiary/aromatic N) is 2. The summed E-state index contributed by atoms with van der Waals surface area (Å²) in [4.78, 5) is 21.7. The molecule has 0 saturated heterocycles. The van der Waals surface area contributed by atoms with Gasteiger partial charge in [-0.25, -0.2) is 0 Å². The molecule has 0 aliphatic heterocycles. The van der Waals surface area contributed by atoms with E-state index in [-0.39, 0.29) is 11.4 Å². The largest absolute Gasteiger partial charge is 0.270 e. The molecule has 0 radical (unpaired) electrons. The molecule has 0 amide bonds. The van der Waals surface area contributed by atoms with Crippen LogP contribution in [-0.2, 0) is 0 Å². The van der Waals surface area contributed by atoms with Gasteiger partial charge in [0.2, 0.25) is 0 Å². The van der Waals surface area contributed by atoms with Crippen molar-refractivity contribution in [2.75, 3.05) is 0 Å². The van der Waals surface area contributed by atoms with Crippen LogP contribution < -0.4 is 0 Å². The SMILES string of the molecule is O=[N+]([O-])c1ccc2c(c1)-c1cc([N+](=O)[O-])ccc1[C@H]1[C@@H]3CC[C@@H](C3)[C@@H]21. The number of benzene rings is 2. The van der Waals surface area contributed by atoms with Crippen molar-refractivity contribution in [3.05, 3.63) is 67.8 Å². The molecule has 6 heteroatoms. The Morgan fingerprint density at radius 3 is 1.60 bits per heavy atom. The highest BCUT2D eigenvalue weighted by atomic mass is 16.6. The van der Waals surface area contributed by atoms with Crippen molar-refractivity contribution in [1.29, 1.82) is 0 Å². The highest BCUT2D eigenvalue weighted by Crippen LogP contribution is 2.65. The maximum absolute atomic E-state index is 11.2. The van der Waals surface area contributed by atoms with E-state index in [0.29, 0.717) is 23.7 Å².